The highest BCUT2D eigenvalue weighted by Crippen LogP contribution is 2.43. The van der Waals surface area contributed by atoms with Crippen molar-refractivity contribution in [3.8, 4) is 0 Å². The van der Waals surface area contributed by atoms with Gasteiger partial charge in [0.15, 0.2) is 0 Å². The molecule has 1 amide bonds. The summed E-state index contributed by atoms with van der Waals surface area (Å²) in [7, 11) is 1.54. The molecule has 3 unspecified atom stereocenters. The van der Waals surface area contributed by atoms with E-state index in [4.69, 9.17) is 9.05 Å². The van der Waals surface area contributed by atoms with Gasteiger partial charge in [0.25, 0.3) is 0 Å². The Balaban J connectivity index is 4.53. The molecule has 0 aliphatic rings. The maximum atomic E-state index is 12.6. The number of phosphoric acid groups is 1. The Hall–Kier alpha value is -1.28. The van der Waals surface area contributed by atoms with Crippen LogP contribution in [0.15, 0.2) is 36.5 Å². The number of allylic oxidation sites excluding steroid dienone is 5. The minimum Gasteiger partial charge on any atom is -0.387 e. The van der Waals surface area contributed by atoms with E-state index in [1.165, 1.54) is 6.42 Å². The zero-order valence-corrected chi connectivity index (χ0v) is 27.0. The molecule has 0 aromatic carbocycles. The molecule has 40 heavy (non-hydrogen) atoms. The molecule has 0 radical (unpaired) electrons. The van der Waals surface area contributed by atoms with E-state index in [1.807, 2.05) is 27.2 Å². The zero-order chi connectivity index (χ0) is 30.1. The highest BCUT2D eigenvalue weighted by Gasteiger charge is 2.27. The average molecular weight is 588 g/mol. The molecule has 234 valence electrons. The number of aliphatic hydroxyl groups is 1. The number of unbranched alkanes of at least 4 members (excludes halogenated alkanes) is 9. The molecule has 3 N–H and O–H groups in total. The topological polar surface area (TPSA) is 105 Å². The van der Waals surface area contributed by atoms with Gasteiger partial charge in [0.05, 0.1) is 39.9 Å². The van der Waals surface area contributed by atoms with Crippen LogP contribution in [0.1, 0.15) is 104 Å². The van der Waals surface area contributed by atoms with Crippen LogP contribution in [0.3, 0.4) is 0 Å². The highest BCUT2D eigenvalue weighted by molar-refractivity contribution is 7.47. The zero-order valence-electron chi connectivity index (χ0n) is 26.1. The van der Waals surface area contributed by atoms with Gasteiger partial charge in [-0.15, -0.1) is 0 Å². The monoisotopic (exact) mass is 587 g/mol. The number of nitrogens with one attached hydrogen (secondary N) is 1. The first-order chi connectivity index (χ1) is 19.0. The van der Waals surface area contributed by atoms with Crippen molar-refractivity contribution in [2.45, 2.75) is 116 Å². The minimum absolute atomic E-state index is 0.0564. The summed E-state index contributed by atoms with van der Waals surface area (Å²) in [4.78, 5) is 22.7. The summed E-state index contributed by atoms with van der Waals surface area (Å²) in [6.07, 6.45) is 25.3. The van der Waals surface area contributed by atoms with Crippen LogP contribution in [0.2, 0.25) is 0 Å². The normalized spacial score (nSPS) is 15.7. The summed E-state index contributed by atoms with van der Waals surface area (Å²) in [5.74, 6) is -0.204. The number of carbonyl (C=O) groups excluding carboxylic acids is 1. The van der Waals surface area contributed by atoms with E-state index >= 15 is 0 Å². The molecular weight excluding hydrogens is 527 g/mol. The predicted octanol–water partition coefficient (Wildman–Crippen LogP) is 6.84. The van der Waals surface area contributed by atoms with Gasteiger partial charge in [-0.3, -0.25) is 13.8 Å². The van der Waals surface area contributed by atoms with E-state index in [1.54, 1.807) is 6.08 Å². The molecule has 3 atom stereocenters. The Morgan fingerprint density at radius 3 is 2.15 bits per heavy atom. The number of aliphatic hydroxyl groups excluding tert-OH is 1. The van der Waals surface area contributed by atoms with E-state index < -0.39 is 20.0 Å². The molecule has 0 fully saturated rings. The molecule has 0 aromatic heterocycles. The summed E-state index contributed by atoms with van der Waals surface area (Å²) in [6, 6.07) is -0.846. The van der Waals surface area contributed by atoms with Gasteiger partial charge in [-0.25, -0.2) is 4.57 Å². The predicted molar refractivity (Wildman–Crippen MR) is 166 cm³/mol. The lowest BCUT2D eigenvalue weighted by molar-refractivity contribution is -0.870. The van der Waals surface area contributed by atoms with Crippen LogP contribution in [0.5, 0.6) is 0 Å². The molecule has 0 spiro atoms. The van der Waals surface area contributed by atoms with E-state index in [9.17, 15) is 19.4 Å². The average Bonchev–Trinajstić information content (AvgIpc) is 2.88. The Labute approximate surface area is 245 Å². The summed E-state index contributed by atoms with van der Waals surface area (Å²) in [5, 5.41) is 13.5. The Bertz CT molecular complexity index is 763. The standard InChI is InChI=1S/C31H59N2O6P/c1-6-8-10-12-13-14-15-16-17-18-19-21-23-25-31(35)32-29(30(34)24-22-20-11-9-7-2)28-39-40(36,37)38-27-26-33(3,4)5/h10,12,14-15,22,24,29-30,34H,6-9,11,13,16-21,23,25-28H2,1-5H3,(H-,32,35,36,37)/p+1/b12-10-,15-14-,24-22+. The van der Waals surface area contributed by atoms with Crippen LogP contribution in [-0.4, -0.2) is 73.4 Å². The van der Waals surface area contributed by atoms with Crippen molar-refractivity contribution in [2.24, 2.45) is 0 Å². The lowest BCUT2D eigenvalue weighted by Gasteiger charge is -2.25. The maximum absolute atomic E-state index is 12.6. The van der Waals surface area contributed by atoms with Crippen LogP contribution in [0.4, 0.5) is 0 Å². The van der Waals surface area contributed by atoms with Crippen molar-refractivity contribution in [3.05, 3.63) is 36.5 Å². The lowest BCUT2D eigenvalue weighted by Crippen LogP contribution is -2.45. The third kappa shape index (κ3) is 25.7. The van der Waals surface area contributed by atoms with E-state index in [2.05, 4.69) is 43.5 Å². The van der Waals surface area contributed by atoms with Gasteiger partial charge < -0.3 is 19.8 Å². The number of hydrogen-bond acceptors (Lipinski definition) is 5. The summed E-state index contributed by atoms with van der Waals surface area (Å²) in [5.41, 5.74) is 0. The molecule has 9 heteroatoms. The minimum atomic E-state index is -4.31. The number of carbonyl (C=O) groups is 1. The SMILES string of the molecule is CCC/C=C\C/C=C\CCCCCCCC(=O)NC(COP(=O)(O)OCC[N+](C)(C)C)C(O)/C=C/CCCCC. The van der Waals surface area contributed by atoms with Crippen molar-refractivity contribution in [1.82, 2.24) is 5.32 Å². The van der Waals surface area contributed by atoms with Gasteiger partial charge in [0, 0.05) is 6.42 Å². The van der Waals surface area contributed by atoms with Crippen LogP contribution in [0.25, 0.3) is 0 Å². The van der Waals surface area contributed by atoms with Gasteiger partial charge in [-0.05, 0) is 44.9 Å². The quantitative estimate of drug-likeness (QED) is 0.0443. The first kappa shape index (κ1) is 38.7. The van der Waals surface area contributed by atoms with Crippen molar-refractivity contribution in [1.29, 1.82) is 0 Å². The number of likely N-dealkylation sites (N-methyl/N-ethyl adjacent to an activating group) is 1. The second-order valence-corrected chi connectivity index (χ2v) is 12.9. The third-order valence-corrected chi connectivity index (χ3v) is 7.32. The fourth-order valence-electron chi connectivity index (χ4n) is 3.78. The second kappa shape index (κ2) is 24.3. The molecular formula is C31H60N2O6P+. The molecule has 0 rings (SSSR count). The van der Waals surface area contributed by atoms with Gasteiger partial charge >= 0.3 is 7.82 Å². The molecule has 8 nitrogen and oxygen atoms in total. The third-order valence-electron chi connectivity index (χ3n) is 6.34. The first-order valence-electron chi connectivity index (χ1n) is 15.4. The highest BCUT2D eigenvalue weighted by atomic mass is 31.2. The van der Waals surface area contributed by atoms with Gasteiger partial charge in [0.2, 0.25) is 5.91 Å². The largest absolute Gasteiger partial charge is 0.472 e. The van der Waals surface area contributed by atoms with E-state index in [0.717, 1.165) is 77.0 Å². The fourth-order valence-corrected chi connectivity index (χ4v) is 4.52. The number of hydrogen-bond donors (Lipinski definition) is 3. The van der Waals surface area contributed by atoms with Crippen LogP contribution >= 0.6 is 7.82 Å². The van der Waals surface area contributed by atoms with E-state index in [-0.39, 0.29) is 19.1 Å². The van der Waals surface area contributed by atoms with Crippen molar-refractivity contribution < 1.29 is 32.9 Å². The lowest BCUT2D eigenvalue weighted by atomic mass is 10.1. The fraction of sp³-hybridized carbons (Fsp3) is 0.774. The van der Waals surface area contributed by atoms with Crippen molar-refractivity contribution in [3.63, 3.8) is 0 Å². The Kier molecular flexibility index (Phi) is 23.6. The molecule has 0 saturated heterocycles. The molecule has 0 heterocycles. The number of amides is 1. The smallest absolute Gasteiger partial charge is 0.387 e. The van der Waals surface area contributed by atoms with Crippen LogP contribution < -0.4 is 5.32 Å². The molecule has 0 saturated carbocycles. The summed E-state index contributed by atoms with van der Waals surface area (Å²) < 4.78 is 23.1. The Morgan fingerprint density at radius 2 is 1.48 bits per heavy atom. The summed E-state index contributed by atoms with van der Waals surface area (Å²) >= 11 is 0. The Morgan fingerprint density at radius 1 is 0.850 bits per heavy atom. The first-order valence-corrected chi connectivity index (χ1v) is 16.9. The van der Waals surface area contributed by atoms with Crippen LogP contribution in [-0.2, 0) is 18.4 Å². The number of nitrogens with zero attached hydrogens (tertiary/aromatic N) is 1. The van der Waals surface area contributed by atoms with Gasteiger partial charge in [0.1, 0.15) is 13.2 Å². The number of phosphoric ester groups is 1. The second-order valence-electron chi connectivity index (χ2n) is 11.5. The van der Waals surface area contributed by atoms with Crippen molar-refractivity contribution >= 4 is 13.7 Å². The molecule has 0 aromatic rings. The van der Waals surface area contributed by atoms with Gasteiger partial charge in [-0.2, -0.15) is 0 Å². The summed E-state index contributed by atoms with van der Waals surface area (Å²) in [6.45, 7) is 4.57. The molecule has 0 bridgehead atoms. The van der Waals surface area contributed by atoms with Gasteiger partial charge in [-0.1, -0.05) is 88.8 Å². The maximum Gasteiger partial charge on any atom is 0.472 e. The molecule has 0 aliphatic carbocycles. The van der Waals surface area contributed by atoms with Crippen LogP contribution in [0, 0.1) is 0 Å². The van der Waals surface area contributed by atoms with Crippen molar-refractivity contribution in [2.75, 3.05) is 40.9 Å². The number of quaternary nitrogens is 1. The number of rotatable bonds is 26. The molecule has 0 aliphatic heterocycles. The van der Waals surface area contributed by atoms with E-state index in [0.29, 0.717) is 17.4 Å².